The van der Waals surface area contributed by atoms with Crippen LogP contribution in [0, 0.1) is 0 Å². The Morgan fingerprint density at radius 3 is 2.88 bits per heavy atom. The van der Waals surface area contributed by atoms with E-state index < -0.39 is 0 Å². The molecule has 0 bridgehead atoms. The molecule has 2 N–H and O–H groups in total. The van der Waals surface area contributed by atoms with Crippen LogP contribution in [0.5, 0.6) is 0 Å². The van der Waals surface area contributed by atoms with Crippen molar-refractivity contribution in [1.29, 1.82) is 0 Å². The van der Waals surface area contributed by atoms with Gasteiger partial charge in [-0.05, 0) is 0 Å². The van der Waals surface area contributed by atoms with Crippen LogP contribution in [0.15, 0.2) is 0 Å². The zero-order chi connectivity index (χ0) is 5.98. The minimum atomic E-state index is -0.0382. The molecule has 0 saturated carbocycles. The molecule has 1 rings (SSSR count). The first kappa shape index (κ1) is 5.85. The van der Waals surface area contributed by atoms with Crippen LogP contribution in [0.3, 0.4) is 0 Å². The Labute approximate surface area is 52.4 Å². The second kappa shape index (κ2) is 2.33. The highest BCUT2D eigenvalue weighted by atomic mass is 35.5. The summed E-state index contributed by atoms with van der Waals surface area (Å²) >= 11 is 5.59. The van der Waals surface area contributed by atoms with Crippen LogP contribution < -0.4 is 10.9 Å². The standard InChI is InChI=1S/C4H7ClN2O/c5-3-1-4(8)7-6-2-3/h3,6H,1-2H2,(H,7,8)/t3-/m0/s1. The number of amides is 1. The molecule has 0 radical (unpaired) electrons. The molecule has 8 heavy (non-hydrogen) atoms. The van der Waals surface area contributed by atoms with Crippen LogP contribution in [0.4, 0.5) is 0 Å². The van der Waals surface area contributed by atoms with Crippen molar-refractivity contribution in [3.63, 3.8) is 0 Å². The Morgan fingerprint density at radius 1 is 1.75 bits per heavy atom. The summed E-state index contributed by atoms with van der Waals surface area (Å²) < 4.78 is 0. The van der Waals surface area contributed by atoms with Crippen LogP contribution in [-0.4, -0.2) is 17.8 Å². The first-order chi connectivity index (χ1) is 3.79. The van der Waals surface area contributed by atoms with E-state index in [1.165, 1.54) is 0 Å². The number of rotatable bonds is 0. The van der Waals surface area contributed by atoms with Gasteiger partial charge in [0.1, 0.15) is 0 Å². The Morgan fingerprint density at radius 2 is 2.50 bits per heavy atom. The van der Waals surface area contributed by atoms with Gasteiger partial charge >= 0.3 is 0 Å². The van der Waals surface area contributed by atoms with E-state index in [2.05, 4.69) is 10.9 Å². The first-order valence-electron chi connectivity index (χ1n) is 2.45. The fraction of sp³-hybridized carbons (Fsp3) is 0.750. The number of halogens is 1. The third-order valence-electron chi connectivity index (χ3n) is 0.958. The van der Waals surface area contributed by atoms with Crippen molar-refractivity contribution < 1.29 is 4.79 Å². The molecule has 4 heteroatoms. The van der Waals surface area contributed by atoms with Crippen molar-refractivity contribution in [1.82, 2.24) is 10.9 Å². The summed E-state index contributed by atoms with van der Waals surface area (Å²) in [5, 5.41) is -0.0382. The molecule has 1 fully saturated rings. The Balaban J connectivity index is 2.34. The number of nitrogens with one attached hydrogen (secondary N) is 2. The number of hydrogen-bond donors (Lipinski definition) is 2. The topological polar surface area (TPSA) is 41.1 Å². The Kier molecular flexibility index (Phi) is 1.70. The van der Waals surface area contributed by atoms with Crippen molar-refractivity contribution in [3.05, 3.63) is 0 Å². The van der Waals surface area contributed by atoms with E-state index in [9.17, 15) is 4.79 Å². The van der Waals surface area contributed by atoms with Gasteiger partial charge in [0, 0.05) is 13.0 Å². The molecule has 0 aliphatic carbocycles. The summed E-state index contributed by atoms with van der Waals surface area (Å²) in [7, 11) is 0. The summed E-state index contributed by atoms with van der Waals surface area (Å²) in [6.07, 6.45) is 0.425. The van der Waals surface area contributed by atoms with Gasteiger partial charge in [0.05, 0.1) is 5.38 Å². The van der Waals surface area contributed by atoms with Crippen molar-refractivity contribution in [2.24, 2.45) is 0 Å². The molecule has 1 aliphatic heterocycles. The van der Waals surface area contributed by atoms with E-state index in [1.54, 1.807) is 0 Å². The maximum atomic E-state index is 10.4. The molecular formula is C4H7ClN2O. The number of carbonyl (C=O) groups excluding carboxylic acids is 1. The second-order valence-electron chi connectivity index (χ2n) is 1.73. The lowest BCUT2D eigenvalue weighted by Gasteiger charge is -2.16. The molecule has 0 unspecified atom stereocenters. The smallest absolute Gasteiger partial charge is 0.235 e. The lowest BCUT2D eigenvalue weighted by Crippen LogP contribution is -2.47. The molecule has 1 amide bonds. The van der Waals surface area contributed by atoms with E-state index in [4.69, 9.17) is 11.6 Å². The minimum absolute atomic E-state index is 0.0312. The van der Waals surface area contributed by atoms with E-state index in [-0.39, 0.29) is 11.3 Å². The minimum Gasteiger partial charge on any atom is -0.291 e. The molecule has 46 valence electrons. The van der Waals surface area contributed by atoms with Gasteiger partial charge in [-0.3, -0.25) is 10.2 Å². The highest BCUT2D eigenvalue weighted by Crippen LogP contribution is 2.01. The third kappa shape index (κ3) is 1.35. The van der Waals surface area contributed by atoms with E-state index >= 15 is 0 Å². The number of hydrazine groups is 1. The predicted octanol–water partition coefficient (Wildman–Crippen LogP) is -0.382. The summed E-state index contributed by atoms with van der Waals surface area (Å²) in [5.74, 6) is -0.0312. The maximum absolute atomic E-state index is 10.4. The van der Waals surface area contributed by atoms with Crippen molar-refractivity contribution >= 4 is 17.5 Å². The zero-order valence-electron chi connectivity index (χ0n) is 4.28. The molecule has 0 aromatic rings. The number of carbonyl (C=O) groups is 1. The highest BCUT2D eigenvalue weighted by Gasteiger charge is 2.14. The van der Waals surface area contributed by atoms with Crippen LogP contribution >= 0.6 is 11.6 Å². The summed E-state index contributed by atoms with van der Waals surface area (Å²) in [6.45, 7) is 0.660. The van der Waals surface area contributed by atoms with Gasteiger partial charge in [0.15, 0.2) is 0 Å². The van der Waals surface area contributed by atoms with Crippen molar-refractivity contribution in [2.45, 2.75) is 11.8 Å². The van der Waals surface area contributed by atoms with Gasteiger partial charge in [-0.25, -0.2) is 5.43 Å². The molecule has 1 heterocycles. The summed E-state index contributed by atoms with van der Waals surface area (Å²) in [6, 6.07) is 0. The molecule has 1 aliphatic rings. The zero-order valence-corrected chi connectivity index (χ0v) is 5.03. The van der Waals surface area contributed by atoms with Crippen LogP contribution in [0.25, 0.3) is 0 Å². The summed E-state index contributed by atoms with van der Waals surface area (Å²) in [5.41, 5.74) is 5.09. The average molecular weight is 135 g/mol. The van der Waals surface area contributed by atoms with Crippen molar-refractivity contribution in [2.75, 3.05) is 6.54 Å². The maximum Gasteiger partial charge on any atom is 0.235 e. The molecular weight excluding hydrogens is 128 g/mol. The van der Waals surface area contributed by atoms with Gasteiger partial charge in [-0.15, -0.1) is 11.6 Å². The molecule has 0 aromatic carbocycles. The van der Waals surface area contributed by atoms with Gasteiger partial charge in [-0.1, -0.05) is 0 Å². The van der Waals surface area contributed by atoms with Gasteiger partial charge < -0.3 is 0 Å². The molecule has 3 nitrogen and oxygen atoms in total. The molecule has 1 atom stereocenters. The monoisotopic (exact) mass is 134 g/mol. The highest BCUT2D eigenvalue weighted by molar-refractivity contribution is 6.22. The third-order valence-corrected chi connectivity index (χ3v) is 1.27. The lowest BCUT2D eigenvalue weighted by molar-refractivity contribution is -0.123. The Bertz CT molecular complexity index is 106. The van der Waals surface area contributed by atoms with Gasteiger partial charge in [0.2, 0.25) is 5.91 Å². The lowest BCUT2D eigenvalue weighted by atomic mass is 10.3. The Hall–Kier alpha value is -0.280. The quantitative estimate of drug-likeness (QED) is 0.444. The predicted molar refractivity (Wildman–Crippen MR) is 30.4 cm³/mol. The normalized spacial score (nSPS) is 29.6. The molecule has 0 spiro atoms. The summed E-state index contributed by atoms with van der Waals surface area (Å²) in [4.78, 5) is 10.4. The van der Waals surface area contributed by atoms with E-state index in [1.807, 2.05) is 0 Å². The fourth-order valence-electron chi connectivity index (χ4n) is 0.585. The molecule has 1 saturated heterocycles. The molecule has 0 aromatic heterocycles. The van der Waals surface area contributed by atoms with Crippen LogP contribution in [0.1, 0.15) is 6.42 Å². The fourth-order valence-corrected chi connectivity index (χ4v) is 0.802. The van der Waals surface area contributed by atoms with Crippen LogP contribution in [0.2, 0.25) is 0 Å². The van der Waals surface area contributed by atoms with Crippen molar-refractivity contribution in [3.8, 4) is 0 Å². The SMILES string of the molecule is O=C1C[C@H](Cl)CNN1. The second-order valence-corrected chi connectivity index (χ2v) is 2.35. The number of alkyl halides is 1. The average Bonchev–Trinajstić information content (AvgIpc) is 1.64. The van der Waals surface area contributed by atoms with Crippen LogP contribution in [-0.2, 0) is 4.79 Å². The number of hydrogen-bond acceptors (Lipinski definition) is 2. The van der Waals surface area contributed by atoms with Gasteiger partial charge in [-0.2, -0.15) is 0 Å². The van der Waals surface area contributed by atoms with Gasteiger partial charge in [0.25, 0.3) is 0 Å². The first-order valence-corrected chi connectivity index (χ1v) is 2.88. The largest absolute Gasteiger partial charge is 0.291 e. The van der Waals surface area contributed by atoms with E-state index in [0.29, 0.717) is 13.0 Å². The van der Waals surface area contributed by atoms with E-state index in [0.717, 1.165) is 0 Å².